The maximum atomic E-state index is 11.7. The molecule has 1 heterocycles. The van der Waals surface area contributed by atoms with E-state index in [0.717, 1.165) is 13.1 Å². The molecule has 0 radical (unpaired) electrons. The number of hydrogen-bond donors (Lipinski definition) is 0. The highest BCUT2D eigenvalue weighted by Crippen LogP contribution is 2.21. The lowest BCUT2D eigenvalue weighted by Gasteiger charge is -2.38. The van der Waals surface area contributed by atoms with Crippen LogP contribution < -0.4 is 0 Å². The standard InChI is InChI=1S/C11H21NO2/c1-4-14-10(13)11(2,3)12-8-6-5-7-9-12/h4-9H2,1-3H3. The van der Waals surface area contributed by atoms with E-state index in [1.54, 1.807) is 0 Å². The molecule has 1 fully saturated rings. The first kappa shape index (κ1) is 11.5. The van der Waals surface area contributed by atoms with E-state index >= 15 is 0 Å². The number of carbonyl (C=O) groups excluding carboxylic acids is 1. The van der Waals surface area contributed by atoms with Gasteiger partial charge in [-0.2, -0.15) is 0 Å². The van der Waals surface area contributed by atoms with E-state index < -0.39 is 5.54 Å². The second-order valence-electron chi connectivity index (χ2n) is 4.33. The van der Waals surface area contributed by atoms with Crippen LogP contribution in [0.3, 0.4) is 0 Å². The fourth-order valence-corrected chi connectivity index (χ4v) is 1.89. The lowest BCUT2D eigenvalue weighted by Crippen LogP contribution is -2.52. The maximum absolute atomic E-state index is 11.7. The van der Waals surface area contributed by atoms with Crippen LogP contribution in [0.2, 0.25) is 0 Å². The van der Waals surface area contributed by atoms with E-state index in [1.807, 2.05) is 20.8 Å². The summed E-state index contributed by atoms with van der Waals surface area (Å²) in [5.41, 5.74) is -0.448. The number of likely N-dealkylation sites (tertiary alicyclic amines) is 1. The maximum Gasteiger partial charge on any atom is 0.325 e. The summed E-state index contributed by atoms with van der Waals surface area (Å²) >= 11 is 0. The number of nitrogens with zero attached hydrogens (tertiary/aromatic N) is 1. The second-order valence-corrected chi connectivity index (χ2v) is 4.33. The van der Waals surface area contributed by atoms with Crippen molar-refractivity contribution in [2.75, 3.05) is 19.7 Å². The average Bonchev–Trinajstić information content (AvgIpc) is 2.19. The van der Waals surface area contributed by atoms with Crippen molar-refractivity contribution in [3.05, 3.63) is 0 Å². The van der Waals surface area contributed by atoms with Crippen molar-refractivity contribution in [1.29, 1.82) is 0 Å². The van der Waals surface area contributed by atoms with Gasteiger partial charge in [-0.15, -0.1) is 0 Å². The predicted octanol–water partition coefficient (Wildman–Crippen LogP) is 1.81. The number of piperidine rings is 1. The molecule has 0 unspecified atom stereocenters. The number of esters is 1. The van der Waals surface area contributed by atoms with Gasteiger partial charge in [0.1, 0.15) is 5.54 Å². The summed E-state index contributed by atoms with van der Waals surface area (Å²) in [7, 11) is 0. The third-order valence-corrected chi connectivity index (χ3v) is 2.92. The fourth-order valence-electron chi connectivity index (χ4n) is 1.89. The van der Waals surface area contributed by atoms with Crippen LogP contribution in [0.4, 0.5) is 0 Å². The summed E-state index contributed by atoms with van der Waals surface area (Å²) in [6.45, 7) is 8.27. The monoisotopic (exact) mass is 199 g/mol. The molecule has 0 aromatic carbocycles. The van der Waals surface area contributed by atoms with Crippen molar-refractivity contribution in [2.45, 2.75) is 45.6 Å². The Labute approximate surface area is 86.4 Å². The van der Waals surface area contributed by atoms with Crippen molar-refractivity contribution in [1.82, 2.24) is 4.90 Å². The quantitative estimate of drug-likeness (QED) is 0.649. The van der Waals surface area contributed by atoms with Gasteiger partial charge in [0.15, 0.2) is 0 Å². The molecule has 0 atom stereocenters. The van der Waals surface area contributed by atoms with E-state index in [9.17, 15) is 4.79 Å². The van der Waals surface area contributed by atoms with E-state index in [0.29, 0.717) is 6.61 Å². The smallest absolute Gasteiger partial charge is 0.325 e. The first-order valence-corrected chi connectivity index (χ1v) is 5.51. The van der Waals surface area contributed by atoms with Gasteiger partial charge < -0.3 is 4.74 Å². The molecule has 3 heteroatoms. The fraction of sp³-hybridized carbons (Fsp3) is 0.909. The molecule has 0 spiro atoms. The zero-order valence-corrected chi connectivity index (χ0v) is 9.51. The van der Waals surface area contributed by atoms with Crippen molar-refractivity contribution in [3.63, 3.8) is 0 Å². The van der Waals surface area contributed by atoms with Crippen molar-refractivity contribution >= 4 is 5.97 Å². The minimum atomic E-state index is -0.448. The Morgan fingerprint density at radius 3 is 2.36 bits per heavy atom. The number of rotatable bonds is 3. The predicted molar refractivity (Wildman–Crippen MR) is 56.1 cm³/mol. The van der Waals surface area contributed by atoms with Gasteiger partial charge in [-0.3, -0.25) is 9.69 Å². The van der Waals surface area contributed by atoms with Crippen molar-refractivity contribution < 1.29 is 9.53 Å². The molecule has 1 rings (SSSR count). The van der Waals surface area contributed by atoms with Crippen molar-refractivity contribution in [2.24, 2.45) is 0 Å². The Kier molecular flexibility index (Phi) is 3.93. The Morgan fingerprint density at radius 2 is 1.86 bits per heavy atom. The van der Waals surface area contributed by atoms with Gasteiger partial charge in [-0.25, -0.2) is 0 Å². The molecule has 0 aromatic heterocycles. The van der Waals surface area contributed by atoms with Crippen LogP contribution in [0.1, 0.15) is 40.0 Å². The largest absolute Gasteiger partial charge is 0.465 e. The molecule has 0 saturated carbocycles. The molecule has 3 nitrogen and oxygen atoms in total. The summed E-state index contributed by atoms with van der Waals surface area (Å²) in [5, 5.41) is 0. The van der Waals surface area contributed by atoms with Crippen LogP contribution in [0.5, 0.6) is 0 Å². The highest BCUT2D eigenvalue weighted by atomic mass is 16.5. The highest BCUT2D eigenvalue weighted by Gasteiger charge is 2.36. The Balaban J connectivity index is 2.57. The van der Waals surface area contributed by atoms with E-state index in [4.69, 9.17) is 4.74 Å². The molecular weight excluding hydrogens is 178 g/mol. The minimum Gasteiger partial charge on any atom is -0.465 e. The molecule has 0 amide bonds. The Bertz CT molecular complexity index is 195. The third kappa shape index (κ3) is 2.47. The second kappa shape index (κ2) is 4.78. The van der Waals surface area contributed by atoms with Crippen LogP contribution >= 0.6 is 0 Å². The van der Waals surface area contributed by atoms with Gasteiger partial charge in [0.2, 0.25) is 0 Å². The normalized spacial score (nSPS) is 19.4. The molecule has 14 heavy (non-hydrogen) atoms. The average molecular weight is 199 g/mol. The topological polar surface area (TPSA) is 29.5 Å². The molecule has 1 aliphatic rings. The Morgan fingerprint density at radius 1 is 1.29 bits per heavy atom. The summed E-state index contributed by atoms with van der Waals surface area (Å²) in [6, 6.07) is 0. The van der Waals surface area contributed by atoms with Crippen LogP contribution in [0.15, 0.2) is 0 Å². The number of carbonyl (C=O) groups is 1. The van der Waals surface area contributed by atoms with Gasteiger partial charge in [0.05, 0.1) is 6.61 Å². The molecule has 0 aromatic rings. The summed E-state index contributed by atoms with van der Waals surface area (Å²) in [6.07, 6.45) is 3.68. The van der Waals surface area contributed by atoms with Gasteiger partial charge >= 0.3 is 5.97 Å². The number of hydrogen-bond acceptors (Lipinski definition) is 3. The third-order valence-electron chi connectivity index (χ3n) is 2.92. The van der Waals surface area contributed by atoms with E-state index in [1.165, 1.54) is 19.3 Å². The first-order chi connectivity index (χ1) is 6.59. The molecule has 0 N–H and O–H groups in total. The van der Waals surface area contributed by atoms with Gasteiger partial charge in [0, 0.05) is 0 Å². The number of ether oxygens (including phenoxy) is 1. The lowest BCUT2D eigenvalue weighted by atomic mass is 9.99. The van der Waals surface area contributed by atoms with Crippen LogP contribution in [-0.4, -0.2) is 36.1 Å². The molecule has 1 aliphatic heterocycles. The van der Waals surface area contributed by atoms with Crippen molar-refractivity contribution in [3.8, 4) is 0 Å². The SMILES string of the molecule is CCOC(=O)C(C)(C)N1CCCCC1. The molecular formula is C11H21NO2. The molecule has 0 bridgehead atoms. The summed E-state index contributed by atoms with van der Waals surface area (Å²) in [5.74, 6) is -0.0955. The molecule has 1 saturated heterocycles. The molecule has 82 valence electrons. The minimum absolute atomic E-state index is 0.0955. The Hall–Kier alpha value is -0.570. The first-order valence-electron chi connectivity index (χ1n) is 5.51. The van der Waals surface area contributed by atoms with E-state index in [-0.39, 0.29) is 5.97 Å². The summed E-state index contributed by atoms with van der Waals surface area (Å²) in [4.78, 5) is 13.9. The van der Waals surface area contributed by atoms with Crippen LogP contribution in [0.25, 0.3) is 0 Å². The van der Waals surface area contributed by atoms with Gasteiger partial charge in [-0.05, 0) is 46.7 Å². The van der Waals surface area contributed by atoms with Crippen LogP contribution in [-0.2, 0) is 9.53 Å². The van der Waals surface area contributed by atoms with Gasteiger partial charge in [0.25, 0.3) is 0 Å². The zero-order chi connectivity index (χ0) is 10.6. The van der Waals surface area contributed by atoms with Gasteiger partial charge in [-0.1, -0.05) is 6.42 Å². The highest BCUT2D eigenvalue weighted by molar-refractivity contribution is 5.79. The van der Waals surface area contributed by atoms with E-state index in [2.05, 4.69) is 4.90 Å². The summed E-state index contributed by atoms with van der Waals surface area (Å²) < 4.78 is 5.08. The lowest BCUT2D eigenvalue weighted by molar-refractivity contribution is -0.156. The molecule has 0 aliphatic carbocycles. The van der Waals surface area contributed by atoms with Crippen LogP contribution in [0, 0.1) is 0 Å². The zero-order valence-electron chi connectivity index (χ0n) is 9.51.